The van der Waals surface area contributed by atoms with Crippen molar-refractivity contribution < 1.29 is 4.39 Å². The molecule has 2 aromatic heterocycles. The van der Waals surface area contributed by atoms with Crippen molar-refractivity contribution in [2.24, 2.45) is 12.0 Å². The summed E-state index contributed by atoms with van der Waals surface area (Å²) in [5.41, 5.74) is 2.98. The molecule has 0 radical (unpaired) electrons. The lowest BCUT2D eigenvalue weighted by Crippen LogP contribution is -2.38. The first-order chi connectivity index (χ1) is 13.1. The van der Waals surface area contributed by atoms with Gasteiger partial charge in [-0.05, 0) is 48.9 Å². The topological polar surface area (TPSA) is 59.2 Å². The molecule has 0 amide bonds. The number of nitrogens with one attached hydrogen (secondary N) is 2. The molecule has 3 rings (SSSR count). The molecule has 0 unspecified atom stereocenters. The molecule has 0 fully saturated rings. The molecule has 0 saturated carbocycles. The summed E-state index contributed by atoms with van der Waals surface area (Å²) in [6.07, 6.45) is 6.74. The van der Waals surface area contributed by atoms with Gasteiger partial charge in [-0.1, -0.05) is 0 Å². The molecular formula is C20H25FN6. The molecule has 27 heavy (non-hydrogen) atoms. The number of nitrogens with zero attached hydrogens (tertiary/aromatic N) is 4. The first kappa shape index (κ1) is 18.7. The van der Waals surface area contributed by atoms with Crippen molar-refractivity contribution in [1.82, 2.24) is 25.0 Å². The third-order valence-corrected chi connectivity index (χ3v) is 4.07. The number of benzene rings is 1. The first-order valence-electron chi connectivity index (χ1n) is 9.07. The number of aryl methyl sites for hydroxylation is 1. The normalized spacial score (nSPS) is 11.6. The highest BCUT2D eigenvalue weighted by Gasteiger charge is 2.03. The standard InChI is InChI=1S/C20H25FN6/c1-3-22-20(24-14-16-9-12-26(2)15-16)23-11-8-18-10-13-27(25-18)19-6-4-17(21)5-7-19/h4-7,9-10,12-13,15H,3,8,11,14H2,1-2H3,(H2,22,23,24). The Balaban J connectivity index is 1.53. The van der Waals surface area contributed by atoms with Gasteiger partial charge < -0.3 is 15.2 Å². The van der Waals surface area contributed by atoms with Crippen molar-refractivity contribution in [1.29, 1.82) is 0 Å². The molecular weight excluding hydrogens is 343 g/mol. The summed E-state index contributed by atoms with van der Waals surface area (Å²) in [5.74, 6) is 0.542. The Bertz CT molecular complexity index is 878. The van der Waals surface area contributed by atoms with Crippen molar-refractivity contribution in [3.05, 3.63) is 72.1 Å². The van der Waals surface area contributed by atoms with Crippen LogP contribution in [0, 0.1) is 5.82 Å². The number of hydrogen-bond donors (Lipinski definition) is 2. The van der Waals surface area contributed by atoms with Crippen LogP contribution in [0.5, 0.6) is 0 Å². The van der Waals surface area contributed by atoms with Crippen molar-refractivity contribution in [2.45, 2.75) is 19.9 Å². The smallest absolute Gasteiger partial charge is 0.191 e. The summed E-state index contributed by atoms with van der Waals surface area (Å²) in [7, 11) is 2.00. The zero-order valence-corrected chi connectivity index (χ0v) is 15.7. The van der Waals surface area contributed by atoms with E-state index in [1.165, 1.54) is 17.7 Å². The van der Waals surface area contributed by atoms with Crippen LogP contribution in [-0.2, 0) is 20.0 Å². The van der Waals surface area contributed by atoms with Gasteiger partial charge in [-0.2, -0.15) is 5.10 Å². The van der Waals surface area contributed by atoms with Crippen LogP contribution in [0.1, 0.15) is 18.2 Å². The maximum absolute atomic E-state index is 13.0. The highest BCUT2D eigenvalue weighted by molar-refractivity contribution is 5.79. The summed E-state index contributed by atoms with van der Waals surface area (Å²) in [6.45, 7) is 4.21. The van der Waals surface area contributed by atoms with Crippen LogP contribution in [-0.4, -0.2) is 33.4 Å². The summed E-state index contributed by atoms with van der Waals surface area (Å²) in [4.78, 5) is 4.61. The summed E-state index contributed by atoms with van der Waals surface area (Å²) in [6, 6.07) is 10.3. The van der Waals surface area contributed by atoms with E-state index in [-0.39, 0.29) is 5.82 Å². The molecule has 2 heterocycles. The Labute approximate surface area is 158 Å². The maximum Gasteiger partial charge on any atom is 0.191 e. The molecule has 0 aliphatic carbocycles. The Morgan fingerprint density at radius 3 is 2.63 bits per heavy atom. The molecule has 1 aromatic carbocycles. The van der Waals surface area contributed by atoms with Gasteiger partial charge in [0.15, 0.2) is 5.96 Å². The summed E-state index contributed by atoms with van der Waals surface area (Å²) in [5, 5.41) is 11.1. The quantitative estimate of drug-likeness (QED) is 0.498. The minimum Gasteiger partial charge on any atom is -0.357 e. The third-order valence-electron chi connectivity index (χ3n) is 4.07. The van der Waals surface area contributed by atoms with E-state index in [9.17, 15) is 4.39 Å². The number of halogens is 1. The highest BCUT2D eigenvalue weighted by atomic mass is 19.1. The Morgan fingerprint density at radius 1 is 1.11 bits per heavy atom. The van der Waals surface area contributed by atoms with E-state index in [4.69, 9.17) is 0 Å². The van der Waals surface area contributed by atoms with Crippen LogP contribution in [0.25, 0.3) is 5.69 Å². The molecule has 142 valence electrons. The van der Waals surface area contributed by atoms with E-state index in [0.29, 0.717) is 6.54 Å². The average Bonchev–Trinajstić information content (AvgIpc) is 3.29. The highest BCUT2D eigenvalue weighted by Crippen LogP contribution is 2.09. The lowest BCUT2D eigenvalue weighted by atomic mass is 10.3. The number of guanidine groups is 1. The molecule has 0 atom stereocenters. The van der Waals surface area contributed by atoms with Gasteiger partial charge in [-0.15, -0.1) is 0 Å². The zero-order valence-electron chi connectivity index (χ0n) is 15.7. The van der Waals surface area contributed by atoms with E-state index in [1.54, 1.807) is 16.8 Å². The maximum atomic E-state index is 13.0. The van der Waals surface area contributed by atoms with Crippen molar-refractivity contribution in [2.75, 3.05) is 13.1 Å². The summed E-state index contributed by atoms with van der Waals surface area (Å²) >= 11 is 0. The van der Waals surface area contributed by atoms with Gasteiger partial charge in [-0.25, -0.2) is 14.1 Å². The fourth-order valence-electron chi connectivity index (χ4n) is 2.71. The fourth-order valence-corrected chi connectivity index (χ4v) is 2.71. The first-order valence-corrected chi connectivity index (χ1v) is 9.07. The molecule has 0 spiro atoms. The average molecular weight is 368 g/mol. The van der Waals surface area contributed by atoms with Crippen molar-refractivity contribution in [3.8, 4) is 5.69 Å². The van der Waals surface area contributed by atoms with E-state index < -0.39 is 0 Å². The van der Waals surface area contributed by atoms with E-state index >= 15 is 0 Å². The predicted octanol–water partition coefficient (Wildman–Crippen LogP) is 2.65. The second kappa shape index (κ2) is 9.02. The largest absolute Gasteiger partial charge is 0.357 e. The van der Waals surface area contributed by atoms with Gasteiger partial charge in [-0.3, -0.25) is 0 Å². The lowest BCUT2D eigenvalue weighted by Gasteiger charge is -2.10. The van der Waals surface area contributed by atoms with Crippen LogP contribution >= 0.6 is 0 Å². The van der Waals surface area contributed by atoms with Crippen LogP contribution in [0.3, 0.4) is 0 Å². The molecule has 3 aromatic rings. The minimum absolute atomic E-state index is 0.249. The Kier molecular flexibility index (Phi) is 6.25. The number of aliphatic imine (C=N–C) groups is 1. The molecule has 7 heteroatoms. The van der Waals surface area contributed by atoms with Crippen molar-refractivity contribution >= 4 is 5.96 Å². The molecule has 0 saturated heterocycles. The molecule has 2 N–H and O–H groups in total. The van der Waals surface area contributed by atoms with Gasteiger partial charge in [0.05, 0.1) is 17.9 Å². The van der Waals surface area contributed by atoms with Crippen LogP contribution < -0.4 is 10.6 Å². The van der Waals surface area contributed by atoms with E-state index in [0.717, 1.165) is 36.9 Å². The molecule has 0 bridgehead atoms. The van der Waals surface area contributed by atoms with E-state index in [2.05, 4.69) is 33.0 Å². The number of hydrogen-bond acceptors (Lipinski definition) is 2. The SMILES string of the molecule is CCNC(=NCc1ccn(C)c1)NCCc1ccn(-c2ccc(F)cc2)n1. The zero-order chi connectivity index (χ0) is 19.1. The van der Waals surface area contributed by atoms with Crippen LogP contribution in [0.4, 0.5) is 4.39 Å². The summed E-state index contributed by atoms with van der Waals surface area (Å²) < 4.78 is 16.8. The predicted molar refractivity (Wildman–Crippen MR) is 105 cm³/mol. The van der Waals surface area contributed by atoms with Crippen LogP contribution in [0.2, 0.25) is 0 Å². The van der Waals surface area contributed by atoms with Gasteiger partial charge in [0, 0.05) is 45.1 Å². The van der Waals surface area contributed by atoms with Gasteiger partial charge in [0.2, 0.25) is 0 Å². The molecule has 0 aliphatic heterocycles. The van der Waals surface area contributed by atoms with Crippen molar-refractivity contribution in [3.63, 3.8) is 0 Å². The molecule has 6 nitrogen and oxygen atoms in total. The van der Waals surface area contributed by atoms with Gasteiger partial charge in [0.1, 0.15) is 5.82 Å². The second-order valence-corrected chi connectivity index (χ2v) is 6.29. The monoisotopic (exact) mass is 368 g/mol. The number of aromatic nitrogens is 3. The van der Waals surface area contributed by atoms with Gasteiger partial charge in [0.25, 0.3) is 0 Å². The second-order valence-electron chi connectivity index (χ2n) is 6.29. The van der Waals surface area contributed by atoms with Gasteiger partial charge >= 0.3 is 0 Å². The number of rotatable bonds is 7. The Hall–Kier alpha value is -3.09. The molecule has 0 aliphatic rings. The Morgan fingerprint density at radius 2 is 1.93 bits per heavy atom. The van der Waals surface area contributed by atoms with E-state index in [1.807, 2.05) is 37.0 Å². The third kappa shape index (κ3) is 5.44. The minimum atomic E-state index is -0.249. The fraction of sp³-hybridized carbons (Fsp3) is 0.300. The van der Waals surface area contributed by atoms with Crippen LogP contribution in [0.15, 0.2) is 60.0 Å². The lowest BCUT2D eigenvalue weighted by molar-refractivity contribution is 0.627.